The minimum atomic E-state index is -0.930. The molecule has 0 saturated carbocycles. The fraction of sp³-hybridized carbons (Fsp3) is 0.429. The second-order valence-electron chi connectivity index (χ2n) is 4.92. The first-order valence-electron chi connectivity index (χ1n) is 6.27. The minimum Gasteiger partial charge on any atom is -0.481 e. The molecule has 1 rings (SSSR count). The number of carbonyl (C=O) groups excluding carboxylic acids is 1. The summed E-state index contributed by atoms with van der Waals surface area (Å²) in [5.74, 6) is -0.922. The Labute approximate surface area is 128 Å². The van der Waals surface area contributed by atoms with Crippen LogP contribution in [0, 0.1) is 5.92 Å². The van der Waals surface area contributed by atoms with Gasteiger partial charge in [0, 0.05) is 18.7 Å². The molecule has 1 N–H and O–H groups in total. The maximum absolute atomic E-state index is 12.4. The number of amides is 1. The number of carboxylic acids is 1. The summed E-state index contributed by atoms with van der Waals surface area (Å²) in [6.07, 6.45) is -0.0835. The number of benzene rings is 1. The molecule has 0 aliphatic rings. The van der Waals surface area contributed by atoms with Gasteiger partial charge in [-0.05, 0) is 24.1 Å². The molecule has 0 bridgehead atoms. The molecule has 0 spiro atoms. The van der Waals surface area contributed by atoms with Crippen molar-refractivity contribution in [3.8, 4) is 0 Å². The number of carboxylic acid groups (broad SMARTS) is 1. The zero-order valence-corrected chi connectivity index (χ0v) is 12.9. The van der Waals surface area contributed by atoms with Gasteiger partial charge in [0.2, 0.25) is 0 Å². The molecule has 0 aliphatic heterocycles. The molecule has 6 heteroatoms. The van der Waals surface area contributed by atoms with Crippen molar-refractivity contribution in [1.82, 2.24) is 4.90 Å². The number of halogens is 2. The van der Waals surface area contributed by atoms with Crippen molar-refractivity contribution >= 4 is 35.1 Å². The molecule has 1 aromatic rings. The van der Waals surface area contributed by atoms with E-state index in [-0.39, 0.29) is 24.8 Å². The third-order valence-electron chi connectivity index (χ3n) is 2.63. The van der Waals surface area contributed by atoms with E-state index in [4.69, 9.17) is 28.3 Å². The lowest BCUT2D eigenvalue weighted by Crippen LogP contribution is -2.36. The Kier molecular flexibility index (Phi) is 6.30. The van der Waals surface area contributed by atoms with E-state index in [1.807, 2.05) is 13.8 Å². The maximum atomic E-state index is 12.4. The van der Waals surface area contributed by atoms with Gasteiger partial charge in [-0.25, -0.2) is 0 Å². The molecule has 1 aromatic carbocycles. The maximum Gasteiger partial charge on any atom is 0.305 e. The van der Waals surface area contributed by atoms with Crippen LogP contribution >= 0.6 is 23.2 Å². The summed E-state index contributed by atoms with van der Waals surface area (Å²) in [7, 11) is 0. The first-order valence-corrected chi connectivity index (χ1v) is 7.03. The van der Waals surface area contributed by atoms with Crippen LogP contribution in [0.25, 0.3) is 0 Å². The number of carbonyl (C=O) groups is 2. The van der Waals surface area contributed by atoms with Crippen LogP contribution in [0.3, 0.4) is 0 Å². The van der Waals surface area contributed by atoms with Crippen LogP contribution < -0.4 is 0 Å². The van der Waals surface area contributed by atoms with Crippen molar-refractivity contribution in [1.29, 1.82) is 0 Å². The van der Waals surface area contributed by atoms with E-state index in [1.165, 1.54) is 11.0 Å². The largest absolute Gasteiger partial charge is 0.481 e. The normalized spacial score (nSPS) is 10.7. The smallest absolute Gasteiger partial charge is 0.305 e. The molecule has 0 unspecified atom stereocenters. The topological polar surface area (TPSA) is 57.6 Å². The molecular weight excluding hydrogens is 301 g/mol. The molecule has 0 radical (unpaired) electrons. The van der Waals surface area contributed by atoms with Gasteiger partial charge in [-0.15, -0.1) is 0 Å². The zero-order chi connectivity index (χ0) is 15.3. The van der Waals surface area contributed by atoms with E-state index in [1.54, 1.807) is 12.1 Å². The van der Waals surface area contributed by atoms with Gasteiger partial charge in [0.15, 0.2) is 0 Å². The lowest BCUT2D eigenvalue weighted by atomic mass is 10.1. The molecular formula is C14H17Cl2NO3. The Hall–Kier alpha value is -1.26. The third-order valence-corrected chi connectivity index (χ3v) is 3.37. The van der Waals surface area contributed by atoms with E-state index < -0.39 is 5.97 Å². The Morgan fingerprint density at radius 3 is 2.40 bits per heavy atom. The third kappa shape index (κ3) is 5.02. The average Bonchev–Trinajstić information content (AvgIpc) is 2.36. The summed E-state index contributed by atoms with van der Waals surface area (Å²) in [6, 6.07) is 4.65. The molecule has 0 saturated heterocycles. The van der Waals surface area contributed by atoms with E-state index in [2.05, 4.69) is 0 Å². The zero-order valence-electron chi connectivity index (χ0n) is 11.4. The van der Waals surface area contributed by atoms with Crippen LogP contribution in [0.4, 0.5) is 0 Å². The lowest BCUT2D eigenvalue weighted by Gasteiger charge is -2.24. The molecule has 1 amide bonds. The van der Waals surface area contributed by atoms with Gasteiger partial charge < -0.3 is 10.0 Å². The number of hydrogen-bond acceptors (Lipinski definition) is 2. The van der Waals surface area contributed by atoms with Crippen molar-refractivity contribution in [3.63, 3.8) is 0 Å². The second-order valence-corrected chi connectivity index (χ2v) is 5.73. The molecule has 0 aliphatic carbocycles. The highest BCUT2D eigenvalue weighted by Crippen LogP contribution is 2.23. The van der Waals surface area contributed by atoms with Crippen molar-refractivity contribution in [2.75, 3.05) is 13.1 Å². The van der Waals surface area contributed by atoms with Gasteiger partial charge in [-0.3, -0.25) is 9.59 Å². The minimum absolute atomic E-state index is 0.0835. The molecule has 4 nitrogen and oxygen atoms in total. The van der Waals surface area contributed by atoms with Gasteiger partial charge in [-0.2, -0.15) is 0 Å². The monoisotopic (exact) mass is 317 g/mol. The van der Waals surface area contributed by atoms with Crippen LogP contribution in [0.2, 0.25) is 10.0 Å². The highest BCUT2D eigenvalue weighted by atomic mass is 35.5. The number of hydrogen-bond donors (Lipinski definition) is 1. The summed E-state index contributed by atoms with van der Waals surface area (Å²) in [6.45, 7) is 4.60. The van der Waals surface area contributed by atoms with Crippen LogP contribution in [0.1, 0.15) is 30.6 Å². The van der Waals surface area contributed by atoms with E-state index >= 15 is 0 Å². The van der Waals surface area contributed by atoms with Crippen LogP contribution in [0.15, 0.2) is 18.2 Å². The van der Waals surface area contributed by atoms with Crippen LogP contribution in [0.5, 0.6) is 0 Å². The van der Waals surface area contributed by atoms with Crippen LogP contribution in [-0.2, 0) is 4.79 Å². The Morgan fingerprint density at radius 1 is 1.25 bits per heavy atom. The van der Waals surface area contributed by atoms with Gasteiger partial charge in [0.05, 0.1) is 16.5 Å². The Morgan fingerprint density at radius 2 is 1.90 bits per heavy atom. The van der Waals surface area contributed by atoms with Gasteiger partial charge in [-0.1, -0.05) is 37.0 Å². The predicted molar refractivity (Wildman–Crippen MR) is 79.5 cm³/mol. The van der Waals surface area contributed by atoms with Crippen molar-refractivity contribution < 1.29 is 14.7 Å². The predicted octanol–water partition coefficient (Wildman–Crippen LogP) is 3.57. The van der Waals surface area contributed by atoms with E-state index in [0.717, 1.165) is 0 Å². The highest BCUT2D eigenvalue weighted by molar-refractivity contribution is 6.42. The Balaban J connectivity index is 2.90. The second kappa shape index (κ2) is 7.50. The fourth-order valence-corrected chi connectivity index (χ4v) is 2.06. The van der Waals surface area contributed by atoms with Crippen molar-refractivity contribution in [2.24, 2.45) is 5.92 Å². The molecule has 0 atom stereocenters. The van der Waals surface area contributed by atoms with E-state index in [9.17, 15) is 9.59 Å². The van der Waals surface area contributed by atoms with Gasteiger partial charge in [0.1, 0.15) is 0 Å². The van der Waals surface area contributed by atoms with Gasteiger partial charge in [0.25, 0.3) is 5.91 Å². The molecule has 20 heavy (non-hydrogen) atoms. The van der Waals surface area contributed by atoms with E-state index in [0.29, 0.717) is 22.2 Å². The number of nitrogens with zero attached hydrogens (tertiary/aromatic N) is 1. The summed E-state index contributed by atoms with van der Waals surface area (Å²) < 4.78 is 0. The van der Waals surface area contributed by atoms with Crippen molar-refractivity contribution in [3.05, 3.63) is 33.8 Å². The summed E-state index contributed by atoms with van der Waals surface area (Å²) in [5, 5.41) is 9.44. The molecule has 110 valence electrons. The Bertz CT molecular complexity index is 503. The quantitative estimate of drug-likeness (QED) is 0.872. The average molecular weight is 318 g/mol. The summed E-state index contributed by atoms with van der Waals surface area (Å²) in [4.78, 5) is 24.6. The first kappa shape index (κ1) is 16.8. The number of rotatable bonds is 6. The first-order chi connectivity index (χ1) is 9.31. The lowest BCUT2D eigenvalue weighted by molar-refractivity contribution is -0.137. The SMILES string of the molecule is CC(C)CN(CCC(=O)O)C(=O)c1ccc(Cl)c(Cl)c1. The highest BCUT2D eigenvalue weighted by Gasteiger charge is 2.18. The van der Waals surface area contributed by atoms with Gasteiger partial charge >= 0.3 is 5.97 Å². The molecule has 0 heterocycles. The summed E-state index contributed by atoms with van der Waals surface area (Å²) >= 11 is 11.7. The standard InChI is InChI=1S/C14H17Cl2NO3/c1-9(2)8-17(6-5-13(18)19)14(20)10-3-4-11(15)12(16)7-10/h3-4,7,9H,5-6,8H2,1-2H3,(H,18,19). The van der Waals surface area contributed by atoms with Crippen molar-refractivity contribution in [2.45, 2.75) is 20.3 Å². The van der Waals surface area contributed by atoms with Crippen LogP contribution in [-0.4, -0.2) is 35.0 Å². The number of aliphatic carboxylic acids is 1. The molecule has 0 fully saturated rings. The summed E-state index contributed by atoms with van der Waals surface area (Å²) in [5.41, 5.74) is 0.408. The molecule has 0 aromatic heterocycles. The fourth-order valence-electron chi connectivity index (χ4n) is 1.76.